The van der Waals surface area contributed by atoms with Gasteiger partial charge >= 0.3 is 5.97 Å². The highest BCUT2D eigenvalue weighted by Gasteiger charge is 2.13. The van der Waals surface area contributed by atoms with Crippen LogP contribution in [0.2, 0.25) is 0 Å². The van der Waals surface area contributed by atoms with Crippen molar-refractivity contribution in [2.24, 2.45) is 0 Å². The molecular formula is C6H8O4. The Morgan fingerprint density at radius 2 is 2.40 bits per heavy atom. The van der Waals surface area contributed by atoms with Gasteiger partial charge in [0.05, 0.1) is 6.61 Å². The van der Waals surface area contributed by atoms with E-state index in [1.165, 1.54) is 6.92 Å². The van der Waals surface area contributed by atoms with Gasteiger partial charge in [-0.2, -0.15) is 0 Å². The minimum absolute atomic E-state index is 0.649. The van der Waals surface area contributed by atoms with Crippen molar-refractivity contribution in [3.05, 3.63) is 0 Å². The van der Waals surface area contributed by atoms with Crippen molar-refractivity contribution in [3.63, 3.8) is 0 Å². The van der Waals surface area contributed by atoms with Crippen LogP contribution in [0.4, 0.5) is 0 Å². The fraction of sp³-hybridized carbons (Fsp3) is 0.500. The molecule has 0 aliphatic rings. The lowest BCUT2D eigenvalue weighted by Crippen LogP contribution is -2.25. The number of carbonyl (C=O) groups excluding carboxylic acids is 1. The van der Waals surface area contributed by atoms with Gasteiger partial charge in [0.1, 0.15) is 6.11 Å². The highest BCUT2D eigenvalue weighted by Crippen LogP contribution is 1.84. The summed E-state index contributed by atoms with van der Waals surface area (Å²) in [5, 5.41) is 16.8. The average Bonchev–Trinajstić information content (AvgIpc) is 1.98. The van der Waals surface area contributed by atoms with Gasteiger partial charge < -0.3 is 14.9 Å². The van der Waals surface area contributed by atoms with Crippen LogP contribution >= 0.6 is 0 Å². The standard InChI is InChI=1S/C6H8O4/c1-2-3-10-6(9)5(8)4-7/h5,7-8H,4H2,1H3. The number of ether oxygens (including phenoxy) is 1. The molecule has 0 saturated heterocycles. The van der Waals surface area contributed by atoms with Crippen molar-refractivity contribution in [1.29, 1.82) is 0 Å². The van der Waals surface area contributed by atoms with Crippen LogP contribution in [-0.4, -0.2) is 28.9 Å². The highest BCUT2D eigenvalue weighted by atomic mass is 16.5. The van der Waals surface area contributed by atoms with Crippen molar-refractivity contribution in [2.45, 2.75) is 13.0 Å². The number of aliphatic hydroxyl groups is 2. The molecule has 0 radical (unpaired) electrons. The van der Waals surface area contributed by atoms with E-state index in [1.807, 2.05) is 6.11 Å². The van der Waals surface area contributed by atoms with Gasteiger partial charge in [-0.25, -0.2) is 4.79 Å². The number of rotatable bonds is 2. The molecule has 0 fully saturated rings. The molecule has 0 bridgehead atoms. The van der Waals surface area contributed by atoms with Crippen molar-refractivity contribution in [1.82, 2.24) is 0 Å². The first-order chi connectivity index (χ1) is 4.72. The van der Waals surface area contributed by atoms with E-state index in [2.05, 4.69) is 10.7 Å². The maximum atomic E-state index is 10.4. The second-order valence-electron chi connectivity index (χ2n) is 1.47. The summed E-state index contributed by atoms with van der Waals surface area (Å²) in [4.78, 5) is 10.4. The van der Waals surface area contributed by atoms with Crippen molar-refractivity contribution in [3.8, 4) is 12.0 Å². The fourth-order valence-corrected chi connectivity index (χ4v) is 0.244. The lowest BCUT2D eigenvalue weighted by atomic mass is 10.4. The summed E-state index contributed by atoms with van der Waals surface area (Å²) in [6.45, 7) is 0.836. The van der Waals surface area contributed by atoms with Crippen LogP contribution in [0.5, 0.6) is 0 Å². The summed E-state index contributed by atoms with van der Waals surface area (Å²) in [6, 6.07) is 0. The smallest absolute Gasteiger partial charge is 0.351 e. The van der Waals surface area contributed by atoms with Gasteiger partial charge in [0.25, 0.3) is 0 Å². The molecule has 10 heavy (non-hydrogen) atoms. The number of hydrogen-bond acceptors (Lipinski definition) is 4. The molecule has 0 spiro atoms. The third kappa shape index (κ3) is 3.07. The predicted octanol–water partition coefficient (Wildman–Crippen LogP) is -1.14. The Bertz CT molecular complexity index is 164. The van der Waals surface area contributed by atoms with E-state index in [9.17, 15) is 4.79 Å². The van der Waals surface area contributed by atoms with E-state index in [0.29, 0.717) is 0 Å². The second kappa shape index (κ2) is 4.79. The Kier molecular flexibility index (Phi) is 4.29. The molecule has 4 nitrogen and oxygen atoms in total. The summed E-state index contributed by atoms with van der Waals surface area (Å²) < 4.78 is 4.13. The first kappa shape index (κ1) is 8.95. The van der Waals surface area contributed by atoms with Crippen LogP contribution < -0.4 is 0 Å². The minimum Gasteiger partial charge on any atom is -0.393 e. The van der Waals surface area contributed by atoms with Gasteiger partial charge in [-0.15, -0.1) is 0 Å². The Morgan fingerprint density at radius 1 is 1.80 bits per heavy atom. The molecule has 56 valence electrons. The van der Waals surface area contributed by atoms with Crippen LogP contribution in [0.1, 0.15) is 6.92 Å². The maximum Gasteiger partial charge on any atom is 0.351 e. The first-order valence-corrected chi connectivity index (χ1v) is 2.63. The molecule has 0 heterocycles. The largest absolute Gasteiger partial charge is 0.393 e. The summed E-state index contributed by atoms with van der Waals surface area (Å²) >= 11 is 0. The zero-order valence-electron chi connectivity index (χ0n) is 5.50. The lowest BCUT2D eigenvalue weighted by Gasteiger charge is -2.00. The molecule has 0 aromatic heterocycles. The summed E-state index contributed by atoms with van der Waals surface area (Å²) in [5.41, 5.74) is 0. The SMILES string of the molecule is CC#COC(=O)C(O)CO. The zero-order valence-corrected chi connectivity index (χ0v) is 5.50. The molecule has 0 aliphatic carbocycles. The number of esters is 1. The quantitative estimate of drug-likeness (QED) is 0.380. The molecule has 0 aliphatic heterocycles. The first-order valence-electron chi connectivity index (χ1n) is 2.63. The third-order valence-electron chi connectivity index (χ3n) is 0.699. The van der Waals surface area contributed by atoms with Crippen LogP contribution in [0.25, 0.3) is 0 Å². The second-order valence-corrected chi connectivity index (χ2v) is 1.47. The Balaban J connectivity index is 3.69. The van der Waals surface area contributed by atoms with Gasteiger partial charge in [-0.3, -0.25) is 0 Å². The maximum absolute atomic E-state index is 10.4. The van der Waals surface area contributed by atoms with E-state index in [-0.39, 0.29) is 0 Å². The van der Waals surface area contributed by atoms with Crippen LogP contribution in [0, 0.1) is 12.0 Å². The van der Waals surface area contributed by atoms with E-state index < -0.39 is 18.7 Å². The van der Waals surface area contributed by atoms with E-state index in [4.69, 9.17) is 10.2 Å². The van der Waals surface area contributed by atoms with Gasteiger partial charge in [-0.1, -0.05) is 5.92 Å². The molecule has 0 rings (SSSR count). The zero-order chi connectivity index (χ0) is 7.98. The van der Waals surface area contributed by atoms with Crippen LogP contribution in [0.15, 0.2) is 0 Å². The van der Waals surface area contributed by atoms with Crippen LogP contribution in [0.3, 0.4) is 0 Å². The van der Waals surface area contributed by atoms with Crippen molar-refractivity contribution >= 4 is 5.97 Å². The Morgan fingerprint density at radius 3 is 2.80 bits per heavy atom. The van der Waals surface area contributed by atoms with Gasteiger partial charge in [0.15, 0.2) is 6.10 Å². The molecule has 1 unspecified atom stereocenters. The van der Waals surface area contributed by atoms with E-state index >= 15 is 0 Å². The summed E-state index contributed by atoms with van der Waals surface area (Å²) in [6.07, 6.45) is 0.507. The number of aliphatic hydroxyl groups excluding tert-OH is 2. The Labute approximate surface area is 58.4 Å². The Hall–Kier alpha value is -1.05. The summed E-state index contributed by atoms with van der Waals surface area (Å²) in [7, 11) is 0. The monoisotopic (exact) mass is 144 g/mol. The molecule has 0 amide bonds. The molecule has 2 N–H and O–H groups in total. The number of carbonyl (C=O) groups is 1. The van der Waals surface area contributed by atoms with E-state index in [0.717, 1.165) is 0 Å². The van der Waals surface area contributed by atoms with Crippen molar-refractivity contribution in [2.75, 3.05) is 6.61 Å². The van der Waals surface area contributed by atoms with Crippen LogP contribution in [-0.2, 0) is 9.53 Å². The molecule has 1 atom stereocenters. The average molecular weight is 144 g/mol. The summed E-state index contributed by atoms with van der Waals surface area (Å²) in [5.74, 6) is 1.36. The highest BCUT2D eigenvalue weighted by molar-refractivity contribution is 5.75. The van der Waals surface area contributed by atoms with Gasteiger partial charge in [0, 0.05) is 6.92 Å². The van der Waals surface area contributed by atoms with Gasteiger partial charge in [-0.05, 0) is 0 Å². The van der Waals surface area contributed by atoms with E-state index in [1.54, 1.807) is 0 Å². The molecule has 4 heteroatoms. The minimum atomic E-state index is -1.49. The van der Waals surface area contributed by atoms with Gasteiger partial charge in [0.2, 0.25) is 0 Å². The topological polar surface area (TPSA) is 66.8 Å². The molecule has 0 aromatic rings. The normalized spacial score (nSPS) is 11.1. The fourth-order valence-electron chi connectivity index (χ4n) is 0.244. The molecular weight excluding hydrogens is 136 g/mol. The van der Waals surface area contributed by atoms with Crippen molar-refractivity contribution < 1.29 is 19.7 Å². The third-order valence-corrected chi connectivity index (χ3v) is 0.699. The number of hydrogen-bond donors (Lipinski definition) is 2. The molecule has 0 aromatic carbocycles. The predicted molar refractivity (Wildman–Crippen MR) is 32.6 cm³/mol. The molecule has 0 saturated carbocycles. The lowest BCUT2D eigenvalue weighted by molar-refractivity contribution is -0.148.